The van der Waals surface area contributed by atoms with Gasteiger partial charge in [0.05, 0.1) is 17.8 Å². The molecule has 0 aliphatic heterocycles. The Morgan fingerprint density at radius 1 is 0.950 bits per heavy atom. The van der Waals surface area contributed by atoms with Crippen LogP contribution in [0.5, 0.6) is 5.75 Å². The van der Waals surface area contributed by atoms with Crippen molar-refractivity contribution in [2.45, 2.75) is 6.42 Å². The van der Waals surface area contributed by atoms with Crippen molar-refractivity contribution in [3.05, 3.63) is 60.6 Å². The van der Waals surface area contributed by atoms with Crippen molar-refractivity contribution in [1.29, 1.82) is 0 Å². The van der Waals surface area contributed by atoms with Gasteiger partial charge in [0, 0.05) is 29.9 Å². The van der Waals surface area contributed by atoms with Crippen molar-refractivity contribution < 1.29 is 4.74 Å². The SMILES string of the molecule is Nc1c(OCCc2ccccn2)ccc2ncccc12. The maximum Gasteiger partial charge on any atom is 0.142 e. The van der Waals surface area contributed by atoms with E-state index in [-0.39, 0.29) is 0 Å². The number of nitrogens with zero attached hydrogens (tertiary/aromatic N) is 2. The van der Waals surface area contributed by atoms with Crippen LogP contribution in [-0.4, -0.2) is 16.6 Å². The minimum Gasteiger partial charge on any atom is -0.491 e. The molecule has 0 radical (unpaired) electrons. The zero-order valence-electron chi connectivity index (χ0n) is 11.0. The molecule has 2 heterocycles. The summed E-state index contributed by atoms with van der Waals surface area (Å²) in [5.41, 5.74) is 8.64. The largest absolute Gasteiger partial charge is 0.491 e. The third kappa shape index (κ3) is 2.54. The fraction of sp³-hybridized carbons (Fsp3) is 0.125. The summed E-state index contributed by atoms with van der Waals surface area (Å²) in [6, 6.07) is 13.5. The van der Waals surface area contributed by atoms with Gasteiger partial charge in [-0.3, -0.25) is 9.97 Å². The second kappa shape index (κ2) is 5.57. The molecule has 2 N–H and O–H groups in total. The highest BCUT2D eigenvalue weighted by Crippen LogP contribution is 2.29. The van der Waals surface area contributed by atoms with Gasteiger partial charge >= 0.3 is 0 Å². The number of ether oxygens (including phenoxy) is 1. The van der Waals surface area contributed by atoms with E-state index in [0.717, 1.165) is 23.0 Å². The minimum absolute atomic E-state index is 0.549. The van der Waals surface area contributed by atoms with Crippen molar-refractivity contribution in [3.63, 3.8) is 0 Å². The number of nitrogen functional groups attached to an aromatic ring is 1. The maximum atomic E-state index is 6.12. The Kier molecular flexibility index (Phi) is 3.46. The predicted octanol–water partition coefficient (Wildman–Crippen LogP) is 2.83. The maximum absolute atomic E-state index is 6.12. The Bertz CT molecular complexity index is 713. The second-order valence-electron chi connectivity index (χ2n) is 4.47. The Morgan fingerprint density at radius 2 is 1.85 bits per heavy atom. The molecule has 0 unspecified atom stereocenters. The number of benzene rings is 1. The van der Waals surface area contributed by atoms with Crippen LogP contribution in [0.3, 0.4) is 0 Å². The highest BCUT2D eigenvalue weighted by atomic mass is 16.5. The van der Waals surface area contributed by atoms with E-state index in [2.05, 4.69) is 9.97 Å². The lowest BCUT2D eigenvalue weighted by molar-refractivity contribution is 0.322. The van der Waals surface area contributed by atoms with E-state index < -0.39 is 0 Å². The zero-order chi connectivity index (χ0) is 13.8. The minimum atomic E-state index is 0.549. The Labute approximate surface area is 117 Å². The van der Waals surface area contributed by atoms with Crippen LogP contribution in [0.15, 0.2) is 54.9 Å². The van der Waals surface area contributed by atoms with Crippen molar-refractivity contribution in [2.24, 2.45) is 0 Å². The summed E-state index contributed by atoms with van der Waals surface area (Å²) in [6.45, 7) is 0.549. The number of nitrogens with two attached hydrogens (primary N) is 1. The van der Waals surface area contributed by atoms with E-state index in [1.165, 1.54) is 0 Å². The number of hydrogen-bond donors (Lipinski definition) is 1. The predicted molar refractivity (Wildman–Crippen MR) is 79.6 cm³/mol. The standard InChI is InChI=1S/C16H15N3O/c17-16-13-5-3-10-19-14(13)6-7-15(16)20-11-8-12-4-1-2-9-18-12/h1-7,9-10H,8,11,17H2. The van der Waals surface area contributed by atoms with E-state index in [9.17, 15) is 0 Å². The number of aromatic nitrogens is 2. The molecule has 1 aromatic carbocycles. The van der Waals surface area contributed by atoms with Crippen molar-refractivity contribution in [3.8, 4) is 5.75 Å². The van der Waals surface area contributed by atoms with Gasteiger partial charge in [0.2, 0.25) is 0 Å². The molecular weight excluding hydrogens is 250 g/mol. The highest BCUT2D eigenvalue weighted by molar-refractivity contribution is 5.93. The van der Waals surface area contributed by atoms with E-state index in [0.29, 0.717) is 18.0 Å². The monoisotopic (exact) mass is 265 g/mol. The van der Waals surface area contributed by atoms with Gasteiger partial charge in [-0.1, -0.05) is 6.07 Å². The summed E-state index contributed by atoms with van der Waals surface area (Å²) in [7, 11) is 0. The molecule has 0 saturated carbocycles. The summed E-state index contributed by atoms with van der Waals surface area (Å²) < 4.78 is 5.76. The van der Waals surface area contributed by atoms with E-state index in [4.69, 9.17) is 10.5 Å². The average Bonchev–Trinajstić information content (AvgIpc) is 2.51. The molecule has 3 aromatic rings. The molecule has 20 heavy (non-hydrogen) atoms. The molecule has 0 spiro atoms. The first-order valence-electron chi connectivity index (χ1n) is 6.50. The summed E-state index contributed by atoms with van der Waals surface area (Å²) in [5.74, 6) is 0.696. The second-order valence-corrected chi connectivity index (χ2v) is 4.47. The number of fused-ring (bicyclic) bond motifs is 1. The third-order valence-electron chi connectivity index (χ3n) is 3.13. The van der Waals surface area contributed by atoms with Crippen LogP contribution in [0.25, 0.3) is 10.9 Å². The first-order valence-corrected chi connectivity index (χ1v) is 6.50. The Morgan fingerprint density at radius 3 is 2.70 bits per heavy atom. The van der Waals surface area contributed by atoms with Gasteiger partial charge in [-0.25, -0.2) is 0 Å². The molecule has 0 aliphatic rings. The molecule has 4 nitrogen and oxygen atoms in total. The molecule has 0 bridgehead atoms. The van der Waals surface area contributed by atoms with Crippen LogP contribution in [0.4, 0.5) is 5.69 Å². The lowest BCUT2D eigenvalue weighted by Gasteiger charge is -2.10. The quantitative estimate of drug-likeness (QED) is 0.737. The Balaban J connectivity index is 1.73. The molecule has 4 heteroatoms. The fourth-order valence-corrected chi connectivity index (χ4v) is 2.09. The van der Waals surface area contributed by atoms with E-state index in [1.54, 1.807) is 12.4 Å². The van der Waals surface area contributed by atoms with Crippen LogP contribution in [0.2, 0.25) is 0 Å². The number of pyridine rings is 2. The molecule has 2 aromatic heterocycles. The van der Waals surface area contributed by atoms with Crippen LogP contribution in [0.1, 0.15) is 5.69 Å². The molecule has 3 rings (SSSR count). The van der Waals surface area contributed by atoms with Crippen LogP contribution >= 0.6 is 0 Å². The van der Waals surface area contributed by atoms with Gasteiger partial charge in [-0.2, -0.15) is 0 Å². The normalized spacial score (nSPS) is 10.6. The fourth-order valence-electron chi connectivity index (χ4n) is 2.09. The molecule has 0 fully saturated rings. The van der Waals surface area contributed by atoms with Crippen molar-refractivity contribution in [2.75, 3.05) is 12.3 Å². The zero-order valence-corrected chi connectivity index (χ0v) is 11.0. The topological polar surface area (TPSA) is 61.0 Å². The molecule has 0 aliphatic carbocycles. The third-order valence-corrected chi connectivity index (χ3v) is 3.13. The molecule has 0 saturated heterocycles. The van der Waals surface area contributed by atoms with Crippen LogP contribution in [0, 0.1) is 0 Å². The van der Waals surface area contributed by atoms with Gasteiger partial charge in [0.15, 0.2) is 0 Å². The first-order chi connectivity index (χ1) is 9.84. The highest BCUT2D eigenvalue weighted by Gasteiger charge is 2.06. The van der Waals surface area contributed by atoms with Gasteiger partial charge in [-0.15, -0.1) is 0 Å². The number of rotatable bonds is 4. The van der Waals surface area contributed by atoms with Crippen LogP contribution < -0.4 is 10.5 Å². The van der Waals surface area contributed by atoms with Crippen molar-refractivity contribution in [1.82, 2.24) is 9.97 Å². The molecule has 100 valence electrons. The summed E-state index contributed by atoms with van der Waals surface area (Å²) in [6.07, 6.45) is 4.29. The van der Waals surface area contributed by atoms with Crippen molar-refractivity contribution >= 4 is 16.6 Å². The van der Waals surface area contributed by atoms with Crippen LogP contribution in [-0.2, 0) is 6.42 Å². The lowest BCUT2D eigenvalue weighted by atomic mass is 10.1. The van der Waals surface area contributed by atoms with Gasteiger partial charge in [0.25, 0.3) is 0 Å². The Hall–Kier alpha value is -2.62. The lowest BCUT2D eigenvalue weighted by Crippen LogP contribution is -2.04. The summed E-state index contributed by atoms with van der Waals surface area (Å²) in [4.78, 5) is 8.53. The van der Waals surface area contributed by atoms with Gasteiger partial charge in [0.1, 0.15) is 5.75 Å². The average molecular weight is 265 g/mol. The van der Waals surface area contributed by atoms with E-state index in [1.807, 2.05) is 42.5 Å². The summed E-state index contributed by atoms with van der Waals surface area (Å²) in [5, 5.41) is 0.919. The first kappa shape index (κ1) is 12.4. The number of anilines is 1. The molecular formula is C16H15N3O. The smallest absolute Gasteiger partial charge is 0.142 e. The van der Waals surface area contributed by atoms with Gasteiger partial charge < -0.3 is 10.5 Å². The molecule has 0 atom stereocenters. The number of hydrogen-bond acceptors (Lipinski definition) is 4. The van der Waals surface area contributed by atoms with E-state index >= 15 is 0 Å². The summed E-state index contributed by atoms with van der Waals surface area (Å²) >= 11 is 0. The van der Waals surface area contributed by atoms with Gasteiger partial charge in [-0.05, 0) is 36.4 Å². The molecule has 0 amide bonds.